The van der Waals surface area contributed by atoms with Gasteiger partial charge in [-0.3, -0.25) is 0 Å². The van der Waals surface area contributed by atoms with E-state index in [2.05, 4.69) is 0 Å². The van der Waals surface area contributed by atoms with E-state index in [0.717, 1.165) is 5.57 Å². The Morgan fingerprint density at radius 2 is 2.00 bits per heavy atom. The minimum Gasteiger partial charge on any atom is -0.507 e. The van der Waals surface area contributed by atoms with Gasteiger partial charge in [-0.25, -0.2) is 0 Å². The highest BCUT2D eigenvalue weighted by molar-refractivity contribution is 5.75. The average Bonchev–Trinajstić information content (AvgIpc) is 2.92. The summed E-state index contributed by atoms with van der Waals surface area (Å²) >= 11 is 0. The predicted molar refractivity (Wildman–Crippen MR) is 74.2 cm³/mol. The van der Waals surface area contributed by atoms with E-state index < -0.39 is 0 Å². The number of benzene rings is 1. The first kappa shape index (κ1) is 11.7. The Labute approximate surface area is 111 Å². The van der Waals surface area contributed by atoms with Gasteiger partial charge >= 0.3 is 0 Å². The summed E-state index contributed by atoms with van der Waals surface area (Å²) in [4.78, 5) is 0. The standard InChI is InChI=1S/C16H14O3/c1-2-18-13-8-5-9-14-16(13)12(17)10-15(19-14)11-6-3-4-7-11/h3-10,17H,2H2,1H3. The van der Waals surface area contributed by atoms with Crippen LogP contribution < -0.4 is 9.47 Å². The number of rotatable bonds is 2. The number of allylic oxidation sites excluding steroid dienone is 6. The quantitative estimate of drug-likeness (QED) is 0.873. The normalized spacial score (nSPS) is 16.2. The first-order valence-electron chi connectivity index (χ1n) is 6.23. The lowest BCUT2D eigenvalue weighted by Crippen LogP contribution is -2.07. The Morgan fingerprint density at radius 3 is 2.74 bits per heavy atom. The molecule has 1 aliphatic heterocycles. The molecule has 2 aliphatic rings. The van der Waals surface area contributed by atoms with Crippen LogP contribution in [0.2, 0.25) is 0 Å². The summed E-state index contributed by atoms with van der Waals surface area (Å²) in [5, 5.41) is 10.2. The van der Waals surface area contributed by atoms with Crippen molar-refractivity contribution >= 4 is 5.76 Å². The van der Waals surface area contributed by atoms with Crippen LogP contribution in [-0.4, -0.2) is 11.7 Å². The zero-order chi connectivity index (χ0) is 13.2. The van der Waals surface area contributed by atoms with Crippen LogP contribution in [0, 0.1) is 0 Å². The maximum absolute atomic E-state index is 10.2. The van der Waals surface area contributed by atoms with Crippen molar-refractivity contribution in [3.8, 4) is 11.5 Å². The fraction of sp³-hybridized carbons (Fsp3) is 0.125. The van der Waals surface area contributed by atoms with E-state index >= 15 is 0 Å². The number of fused-ring (bicyclic) bond motifs is 1. The highest BCUT2D eigenvalue weighted by Crippen LogP contribution is 2.39. The molecule has 0 spiro atoms. The van der Waals surface area contributed by atoms with Gasteiger partial charge in [0.25, 0.3) is 0 Å². The van der Waals surface area contributed by atoms with Gasteiger partial charge in [-0.15, -0.1) is 0 Å². The fourth-order valence-corrected chi connectivity index (χ4v) is 2.15. The molecule has 0 fully saturated rings. The van der Waals surface area contributed by atoms with Crippen LogP contribution in [0.15, 0.2) is 59.9 Å². The van der Waals surface area contributed by atoms with E-state index in [9.17, 15) is 5.11 Å². The molecule has 3 rings (SSSR count). The number of ether oxygens (including phenoxy) is 2. The Hall–Kier alpha value is -2.42. The van der Waals surface area contributed by atoms with E-state index in [0.29, 0.717) is 29.4 Å². The van der Waals surface area contributed by atoms with Crippen molar-refractivity contribution in [3.05, 3.63) is 65.5 Å². The summed E-state index contributed by atoms with van der Waals surface area (Å²) in [6, 6.07) is 5.50. The summed E-state index contributed by atoms with van der Waals surface area (Å²) in [7, 11) is 0. The van der Waals surface area contributed by atoms with Gasteiger partial charge in [-0.1, -0.05) is 30.4 Å². The molecule has 0 saturated carbocycles. The second-order valence-electron chi connectivity index (χ2n) is 4.23. The summed E-state index contributed by atoms with van der Waals surface area (Å²) in [6.45, 7) is 2.45. The highest BCUT2D eigenvalue weighted by Gasteiger charge is 2.22. The van der Waals surface area contributed by atoms with Gasteiger partial charge in [0.1, 0.15) is 28.6 Å². The summed E-state index contributed by atoms with van der Waals surface area (Å²) in [5.74, 6) is 2.06. The van der Waals surface area contributed by atoms with E-state index in [1.54, 1.807) is 6.08 Å². The van der Waals surface area contributed by atoms with Crippen molar-refractivity contribution in [1.29, 1.82) is 0 Å². The fourth-order valence-electron chi connectivity index (χ4n) is 2.15. The summed E-state index contributed by atoms with van der Waals surface area (Å²) in [6.07, 6.45) is 9.37. The Kier molecular flexibility index (Phi) is 2.88. The van der Waals surface area contributed by atoms with Gasteiger partial charge in [0.2, 0.25) is 0 Å². The third kappa shape index (κ3) is 2.03. The molecule has 3 heteroatoms. The monoisotopic (exact) mass is 254 g/mol. The van der Waals surface area contributed by atoms with Crippen LogP contribution in [0.1, 0.15) is 12.5 Å². The molecule has 0 radical (unpaired) electrons. The molecule has 1 N–H and O–H groups in total. The molecule has 3 nitrogen and oxygen atoms in total. The first-order chi connectivity index (χ1) is 9.29. The largest absolute Gasteiger partial charge is 0.507 e. The van der Waals surface area contributed by atoms with E-state index in [1.165, 1.54) is 0 Å². The predicted octanol–water partition coefficient (Wildman–Crippen LogP) is 3.76. The summed E-state index contributed by atoms with van der Waals surface area (Å²) < 4.78 is 11.3. The molecular formula is C16H14O3. The number of aliphatic hydroxyl groups is 1. The lowest BCUT2D eigenvalue weighted by Gasteiger charge is -2.20. The van der Waals surface area contributed by atoms with Crippen molar-refractivity contribution in [1.82, 2.24) is 0 Å². The minimum absolute atomic E-state index is 0.168. The molecular weight excluding hydrogens is 240 g/mol. The van der Waals surface area contributed by atoms with Crippen LogP contribution in [-0.2, 0) is 0 Å². The van der Waals surface area contributed by atoms with Crippen LogP contribution >= 0.6 is 0 Å². The smallest absolute Gasteiger partial charge is 0.142 e. The topological polar surface area (TPSA) is 38.7 Å². The van der Waals surface area contributed by atoms with Gasteiger partial charge in [-0.2, -0.15) is 0 Å². The molecule has 96 valence electrons. The molecule has 1 heterocycles. The van der Waals surface area contributed by atoms with Gasteiger partial charge in [-0.05, 0) is 19.1 Å². The zero-order valence-corrected chi connectivity index (χ0v) is 10.6. The molecule has 1 aromatic rings. The zero-order valence-electron chi connectivity index (χ0n) is 10.6. The van der Waals surface area contributed by atoms with Crippen molar-refractivity contribution in [2.45, 2.75) is 6.92 Å². The molecule has 19 heavy (non-hydrogen) atoms. The third-order valence-corrected chi connectivity index (χ3v) is 2.98. The maximum atomic E-state index is 10.2. The van der Waals surface area contributed by atoms with Crippen LogP contribution in [0.3, 0.4) is 0 Å². The van der Waals surface area contributed by atoms with E-state index in [1.807, 2.05) is 49.4 Å². The van der Waals surface area contributed by atoms with E-state index in [-0.39, 0.29) is 5.76 Å². The molecule has 0 bridgehead atoms. The minimum atomic E-state index is 0.168. The number of hydrogen-bond acceptors (Lipinski definition) is 3. The SMILES string of the molecule is CCOc1cccc2c1C(O)=CC(=C1C=CC=C1)O2. The van der Waals surface area contributed by atoms with E-state index in [4.69, 9.17) is 9.47 Å². The van der Waals surface area contributed by atoms with Gasteiger partial charge in [0, 0.05) is 11.6 Å². The lowest BCUT2D eigenvalue weighted by molar-refractivity contribution is 0.331. The summed E-state index contributed by atoms with van der Waals surface area (Å²) in [5.41, 5.74) is 1.55. The molecule has 0 saturated heterocycles. The van der Waals surface area contributed by atoms with Gasteiger partial charge in [0.15, 0.2) is 0 Å². The van der Waals surface area contributed by atoms with Gasteiger partial charge < -0.3 is 14.6 Å². The number of hydrogen-bond donors (Lipinski definition) is 1. The molecule has 0 amide bonds. The van der Waals surface area contributed by atoms with Gasteiger partial charge in [0.05, 0.1) is 6.61 Å². The maximum Gasteiger partial charge on any atom is 0.142 e. The van der Waals surface area contributed by atoms with Crippen LogP contribution in [0.25, 0.3) is 5.76 Å². The second-order valence-corrected chi connectivity index (χ2v) is 4.23. The molecule has 1 aliphatic carbocycles. The molecule has 0 aromatic heterocycles. The van der Waals surface area contributed by atoms with Crippen molar-refractivity contribution in [2.75, 3.05) is 6.61 Å². The Morgan fingerprint density at radius 1 is 1.21 bits per heavy atom. The molecule has 0 atom stereocenters. The van der Waals surface area contributed by atoms with Crippen molar-refractivity contribution in [2.24, 2.45) is 0 Å². The highest BCUT2D eigenvalue weighted by atomic mass is 16.5. The molecule has 1 aromatic carbocycles. The van der Waals surface area contributed by atoms with Crippen molar-refractivity contribution < 1.29 is 14.6 Å². The lowest BCUT2D eigenvalue weighted by atomic mass is 10.1. The molecule has 0 unspecified atom stereocenters. The van der Waals surface area contributed by atoms with Crippen molar-refractivity contribution in [3.63, 3.8) is 0 Å². The first-order valence-corrected chi connectivity index (χ1v) is 6.23. The third-order valence-electron chi connectivity index (χ3n) is 2.98. The second kappa shape index (κ2) is 4.69. The van der Waals surface area contributed by atoms with Crippen LogP contribution in [0.5, 0.6) is 11.5 Å². The van der Waals surface area contributed by atoms with Crippen LogP contribution in [0.4, 0.5) is 0 Å². The Bertz CT molecular complexity index is 619. The average molecular weight is 254 g/mol. The Balaban J connectivity index is 2.09. The number of aliphatic hydroxyl groups excluding tert-OH is 1.